The lowest BCUT2D eigenvalue weighted by Crippen LogP contribution is -2.17. The molecule has 1 aromatic heterocycles. The van der Waals surface area contributed by atoms with E-state index >= 15 is 0 Å². The van der Waals surface area contributed by atoms with Crippen molar-refractivity contribution in [3.05, 3.63) is 24.4 Å². The minimum atomic E-state index is -3.46. The highest BCUT2D eigenvalue weighted by atomic mass is 32.2. The van der Waals surface area contributed by atoms with Crippen LogP contribution in [0, 0.1) is 0 Å². The van der Waals surface area contributed by atoms with Gasteiger partial charge in [-0.2, -0.15) is 0 Å². The summed E-state index contributed by atoms with van der Waals surface area (Å²) in [4.78, 5) is 4.31. The van der Waals surface area contributed by atoms with Crippen LogP contribution in [0.4, 0.5) is 0 Å². The lowest BCUT2D eigenvalue weighted by atomic mass is 10.1. The molecule has 3 rings (SSSR count). The Balaban J connectivity index is 1.91. The van der Waals surface area contributed by atoms with Gasteiger partial charge < -0.3 is 9.47 Å². The third-order valence-electron chi connectivity index (χ3n) is 3.00. The second kappa shape index (κ2) is 5.70. The van der Waals surface area contributed by atoms with Crippen LogP contribution < -0.4 is 14.6 Å². The van der Waals surface area contributed by atoms with Gasteiger partial charge in [-0.3, -0.25) is 0 Å². The van der Waals surface area contributed by atoms with E-state index < -0.39 is 10.0 Å². The van der Waals surface area contributed by atoms with Crippen LogP contribution in [0.1, 0.15) is 0 Å². The third kappa shape index (κ3) is 3.39. The Morgan fingerprint density at radius 1 is 1.24 bits per heavy atom. The van der Waals surface area contributed by atoms with E-state index in [0.717, 1.165) is 21.5 Å². The lowest BCUT2D eigenvalue weighted by molar-refractivity contribution is 0.172. The van der Waals surface area contributed by atoms with Gasteiger partial charge in [-0.1, -0.05) is 0 Å². The molecule has 0 saturated heterocycles. The zero-order chi connectivity index (χ0) is 14.9. The number of ether oxygens (including phenoxy) is 2. The summed E-state index contributed by atoms with van der Waals surface area (Å²) in [5, 5.41) is 7.66. The molecule has 0 aliphatic carbocycles. The van der Waals surface area contributed by atoms with Gasteiger partial charge >= 0.3 is 0 Å². The predicted molar refractivity (Wildman–Crippen MR) is 81.4 cm³/mol. The van der Waals surface area contributed by atoms with Crippen LogP contribution in [-0.4, -0.2) is 38.1 Å². The van der Waals surface area contributed by atoms with E-state index in [4.69, 9.17) is 14.6 Å². The van der Waals surface area contributed by atoms with Crippen LogP contribution in [0.15, 0.2) is 29.4 Å². The smallest absolute Gasteiger partial charge is 0.209 e. The summed E-state index contributed by atoms with van der Waals surface area (Å²) in [6, 6.07) is 5.68. The zero-order valence-corrected chi connectivity index (χ0v) is 12.7. The van der Waals surface area contributed by atoms with Gasteiger partial charge in [0.05, 0.1) is 5.75 Å². The fourth-order valence-electron chi connectivity index (χ4n) is 2.05. The molecular formula is C13H14N2O4S2. The first-order valence-corrected chi connectivity index (χ1v) is 9.05. The Kier molecular flexibility index (Phi) is 3.92. The summed E-state index contributed by atoms with van der Waals surface area (Å²) >= 11 is 1.36. The number of thioether (sulfide) groups is 1. The summed E-state index contributed by atoms with van der Waals surface area (Å²) < 4.78 is 33.1. The van der Waals surface area contributed by atoms with Gasteiger partial charge in [0.15, 0.2) is 11.5 Å². The summed E-state index contributed by atoms with van der Waals surface area (Å²) in [5.74, 6) is 1.69. The van der Waals surface area contributed by atoms with Crippen molar-refractivity contribution in [2.75, 3.05) is 24.7 Å². The third-order valence-corrected chi connectivity index (χ3v) is 5.04. The summed E-state index contributed by atoms with van der Waals surface area (Å²) in [6.45, 7) is 1.06. The normalized spacial score (nSPS) is 14.3. The molecule has 0 bridgehead atoms. The van der Waals surface area contributed by atoms with E-state index in [9.17, 15) is 8.42 Å². The van der Waals surface area contributed by atoms with Gasteiger partial charge in [0.1, 0.15) is 18.2 Å². The maximum Gasteiger partial charge on any atom is 0.209 e. The average molecular weight is 326 g/mol. The fourth-order valence-corrected chi connectivity index (χ4v) is 3.98. The standard InChI is InChI=1S/C13H14N2O4S2/c14-21(16,17)6-5-20-13-10-8-12-11(18-3-4-19-12)7-9(10)1-2-15-13/h1-2,7-8H,3-6H2,(H2,14,16,17). The van der Waals surface area contributed by atoms with Crippen molar-refractivity contribution >= 4 is 32.6 Å². The first-order valence-electron chi connectivity index (χ1n) is 6.34. The minimum Gasteiger partial charge on any atom is -0.486 e. The number of benzene rings is 1. The van der Waals surface area contributed by atoms with Gasteiger partial charge in [0.2, 0.25) is 10.0 Å². The zero-order valence-electron chi connectivity index (χ0n) is 11.1. The van der Waals surface area contributed by atoms with E-state index in [-0.39, 0.29) is 5.75 Å². The molecule has 0 amide bonds. The molecule has 0 radical (unpaired) electrons. The van der Waals surface area contributed by atoms with Gasteiger partial charge in [-0.15, -0.1) is 11.8 Å². The summed E-state index contributed by atoms with van der Waals surface area (Å²) in [7, 11) is -3.46. The molecule has 0 spiro atoms. The molecular weight excluding hydrogens is 312 g/mol. The minimum absolute atomic E-state index is 0.0830. The Morgan fingerprint density at radius 3 is 2.67 bits per heavy atom. The van der Waals surface area contributed by atoms with E-state index in [1.807, 2.05) is 18.2 Å². The van der Waals surface area contributed by atoms with Gasteiger partial charge in [-0.05, 0) is 23.6 Å². The van der Waals surface area contributed by atoms with Crippen molar-refractivity contribution in [3.8, 4) is 11.5 Å². The van der Waals surface area contributed by atoms with Crippen LogP contribution in [0.25, 0.3) is 10.8 Å². The lowest BCUT2D eigenvalue weighted by Gasteiger charge is -2.19. The molecule has 0 unspecified atom stereocenters. The van der Waals surface area contributed by atoms with Crippen LogP contribution in [0.3, 0.4) is 0 Å². The first kappa shape index (κ1) is 14.4. The van der Waals surface area contributed by atoms with Crippen molar-refractivity contribution in [1.82, 2.24) is 4.98 Å². The second-order valence-corrected chi connectivity index (χ2v) is 7.37. The maximum absolute atomic E-state index is 11.0. The van der Waals surface area contributed by atoms with Crippen molar-refractivity contribution in [2.24, 2.45) is 5.14 Å². The molecule has 2 aromatic rings. The molecule has 112 valence electrons. The topological polar surface area (TPSA) is 91.5 Å². The quantitative estimate of drug-likeness (QED) is 0.854. The van der Waals surface area contributed by atoms with E-state index in [1.165, 1.54) is 11.8 Å². The number of hydrogen-bond donors (Lipinski definition) is 1. The molecule has 21 heavy (non-hydrogen) atoms. The maximum atomic E-state index is 11.0. The summed E-state index contributed by atoms with van der Waals surface area (Å²) in [5.41, 5.74) is 0. The first-order chi connectivity index (χ1) is 10.0. The van der Waals surface area contributed by atoms with Crippen molar-refractivity contribution in [1.29, 1.82) is 0 Å². The van der Waals surface area contributed by atoms with E-state index in [0.29, 0.717) is 24.7 Å². The van der Waals surface area contributed by atoms with Crippen LogP contribution in [0.5, 0.6) is 11.5 Å². The highest BCUT2D eigenvalue weighted by Gasteiger charge is 2.15. The van der Waals surface area contributed by atoms with Crippen LogP contribution >= 0.6 is 11.8 Å². The molecule has 0 atom stereocenters. The number of nitrogens with two attached hydrogens (primary N) is 1. The van der Waals surface area contributed by atoms with Gasteiger partial charge in [0, 0.05) is 17.3 Å². The Morgan fingerprint density at radius 2 is 1.95 bits per heavy atom. The Labute approximate surface area is 126 Å². The molecule has 0 fully saturated rings. The van der Waals surface area contributed by atoms with Crippen molar-refractivity contribution in [3.63, 3.8) is 0 Å². The molecule has 1 aromatic carbocycles. The predicted octanol–water partition coefficient (Wildman–Crippen LogP) is 1.39. The number of nitrogens with zero attached hydrogens (tertiary/aromatic N) is 1. The molecule has 0 saturated carbocycles. The molecule has 1 aliphatic rings. The highest BCUT2D eigenvalue weighted by molar-refractivity contribution is 8.00. The number of primary sulfonamides is 1. The van der Waals surface area contributed by atoms with Crippen molar-refractivity contribution in [2.45, 2.75) is 5.03 Å². The van der Waals surface area contributed by atoms with Gasteiger partial charge in [0.25, 0.3) is 0 Å². The highest BCUT2D eigenvalue weighted by Crippen LogP contribution is 2.37. The molecule has 2 heterocycles. The summed E-state index contributed by atoms with van der Waals surface area (Å²) in [6.07, 6.45) is 1.69. The molecule has 2 N–H and O–H groups in total. The molecule has 6 nitrogen and oxygen atoms in total. The SMILES string of the molecule is NS(=O)(=O)CCSc1nccc2cc3c(cc12)OCCO3. The monoisotopic (exact) mass is 326 g/mol. The number of pyridine rings is 1. The molecule has 8 heteroatoms. The van der Waals surface area contributed by atoms with Crippen LogP contribution in [-0.2, 0) is 10.0 Å². The molecule has 1 aliphatic heterocycles. The fraction of sp³-hybridized carbons (Fsp3) is 0.308. The number of hydrogen-bond acceptors (Lipinski definition) is 6. The second-order valence-electron chi connectivity index (χ2n) is 4.55. The largest absolute Gasteiger partial charge is 0.486 e. The Hall–Kier alpha value is -1.51. The number of sulfonamides is 1. The van der Waals surface area contributed by atoms with Crippen molar-refractivity contribution < 1.29 is 17.9 Å². The van der Waals surface area contributed by atoms with Gasteiger partial charge in [-0.25, -0.2) is 18.5 Å². The number of fused-ring (bicyclic) bond motifs is 2. The number of aromatic nitrogens is 1. The average Bonchev–Trinajstić information content (AvgIpc) is 2.44. The number of rotatable bonds is 4. The van der Waals surface area contributed by atoms with E-state index in [2.05, 4.69) is 4.98 Å². The van der Waals surface area contributed by atoms with Crippen LogP contribution in [0.2, 0.25) is 0 Å². The Bertz CT molecular complexity index is 777. The van der Waals surface area contributed by atoms with E-state index in [1.54, 1.807) is 6.20 Å².